The summed E-state index contributed by atoms with van der Waals surface area (Å²) in [6, 6.07) is 0.908. The Morgan fingerprint density at radius 1 is 1.26 bits per heavy atom. The first-order valence-corrected chi connectivity index (χ1v) is 8.68. The first-order valence-electron chi connectivity index (χ1n) is 7.88. The van der Waals surface area contributed by atoms with E-state index >= 15 is 0 Å². The van der Waals surface area contributed by atoms with Crippen molar-refractivity contribution < 1.29 is 17.9 Å². The molecule has 3 aromatic rings. The van der Waals surface area contributed by atoms with Crippen LogP contribution in [0.2, 0.25) is 0 Å². The number of rotatable bonds is 2. The monoisotopic (exact) mass is 444 g/mol. The number of ether oxygens (including phenoxy) is 1. The number of nitrogens with zero attached hydrogens (tertiary/aromatic N) is 5. The topological polar surface area (TPSA) is 88.9 Å². The predicted octanol–water partition coefficient (Wildman–Crippen LogP) is 2.12. The van der Waals surface area contributed by atoms with Gasteiger partial charge in [-0.05, 0) is 22.0 Å². The van der Waals surface area contributed by atoms with E-state index in [1.54, 1.807) is 0 Å². The number of halogens is 4. The van der Waals surface area contributed by atoms with Crippen LogP contribution < -0.4 is 10.5 Å². The lowest BCUT2D eigenvalue weighted by molar-refractivity contribution is -0.137. The largest absolute Gasteiger partial charge is 0.417 e. The molecule has 0 aliphatic carbocycles. The Bertz CT molecular complexity index is 1060. The molecule has 1 aliphatic heterocycles. The molecule has 142 valence electrons. The average molecular weight is 445 g/mol. The molecule has 1 fully saturated rings. The fourth-order valence-corrected chi connectivity index (χ4v) is 3.22. The van der Waals surface area contributed by atoms with E-state index in [0.29, 0.717) is 38.4 Å². The molecular formula is C15H12BrF3N6O2. The molecule has 4 rings (SSSR count). The molecule has 0 bridgehead atoms. The lowest BCUT2D eigenvalue weighted by atomic mass is 10.3. The van der Waals surface area contributed by atoms with Gasteiger partial charge in [0.1, 0.15) is 5.39 Å². The summed E-state index contributed by atoms with van der Waals surface area (Å²) in [5, 5.41) is 4.41. The fraction of sp³-hybridized carbons (Fsp3) is 0.333. The van der Waals surface area contributed by atoms with E-state index in [0.717, 1.165) is 6.07 Å². The number of anilines is 1. The van der Waals surface area contributed by atoms with Crippen molar-refractivity contribution in [2.75, 3.05) is 31.2 Å². The van der Waals surface area contributed by atoms with E-state index in [1.165, 1.54) is 10.9 Å². The number of H-pyrrole nitrogens is 1. The SMILES string of the molecule is O=c1[nH]c(N2CCOCC2)nc2nn(-c3ncc(C(F)(F)F)cc3Br)cc12. The van der Waals surface area contributed by atoms with E-state index in [1.807, 2.05) is 4.90 Å². The fourth-order valence-electron chi connectivity index (χ4n) is 2.69. The second kappa shape index (κ2) is 6.60. The van der Waals surface area contributed by atoms with E-state index in [2.05, 4.69) is 36.0 Å². The molecule has 0 atom stereocenters. The molecule has 8 nitrogen and oxygen atoms in total. The van der Waals surface area contributed by atoms with E-state index in [-0.39, 0.29) is 21.3 Å². The smallest absolute Gasteiger partial charge is 0.378 e. The standard InChI is InChI=1S/C15H12BrF3N6O2/c16-10-5-8(15(17,18)19)6-20-12(10)25-7-9-11(23-25)21-14(22-13(9)26)24-1-3-27-4-2-24/h5-7H,1-4H2,(H,21,22,23,26). The molecule has 0 amide bonds. The molecular weight excluding hydrogens is 433 g/mol. The molecule has 1 saturated heterocycles. The normalized spacial score (nSPS) is 15.5. The lowest BCUT2D eigenvalue weighted by Crippen LogP contribution is -2.38. The minimum atomic E-state index is -4.51. The van der Waals surface area contributed by atoms with Crippen molar-refractivity contribution in [2.24, 2.45) is 0 Å². The molecule has 0 aromatic carbocycles. The zero-order chi connectivity index (χ0) is 19.2. The van der Waals surface area contributed by atoms with Crippen molar-refractivity contribution in [2.45, 2.75) is 6.18 Å². The highest BCUT2D eigenvalue weighted by atomic mass is 79.9. The summed E-state index contributed by atoms with van der Waals surface area (Å²) in [4.78, 5) is 25.1. The van der Waals surface area contributed by atoms with Crippen LogP contribution in [-0.4, -0.2) is 51.0 Å². The Hall–Kier alpha value is -2.47. The second-order valence-electron chi connectivity index (χ2n) is 5.83. The summed E-state index contributed by atoms with van der Waals surface area (Å²) >= 11 is 3.08. The van der Waals surface area contributed by atoms with Crippen LogP contribution >= 0.6 is 15.9 Å². The number of aromatic amines is 1. The highest BCUT2D eigenvalue weighted by Gasteiger charge is 2.31. The van der Waals surface area contributed by atoms with Gasteiger partial charge in [-0.25, -0.2) is 9.67 Å². The number of aromatic nitrogens is 5. The second-order valence-corrected chi connectivity index (χ2v) is 6.68. The lowest BCUT2D eigenvalue weighted by Gasteiger charge is -2.26. The highest BCUT2D eigenvalue weighted by Crippen LogP contribution is 2.32. The number of nitrogens with one attached hydrogen (secondary N) is 1. The summed E-state index contributed by atoms with van der Waals surface area (Å²) in [5.41, 5.74) is -1.11. The van der Waals surface area contributed by atoms with Gasteiger partial charge in [0.15, 0.2) is 11.5 Å². The van der Waals surface area contributed by atoms with Gasteiger partial charge in [0.2, 0.25) is 5.95 Å². The van der Waals surface area contributed by atoms with Gasteiger partial charge in [0, 0.05) is 25.5 Å². The van der Waals surface area contributed by atoms with Crippen molar-refractivity contribution in [3.05, 3.63) is 38.9 Å². The van der Waals surface area contributed by atoms with Crippen molar-refractivity contribution >= 4 is 32.9 Å². The van der Waals surface area contributed by atoms with E-state index in [4.69, 9.17) is 4.74 Å². The van der Waals surface area contributed by atoms with Crippen LogP contribution in [0.3, 0.4) is 0 Å². The number of pyridine rings is 1. The summed E-state index contributed by atoms with van der Waals surface area (Å²) in [6.07, 6.45) is -2.41. The number of hydrogen-bond acceptors (Lipinski definition) is 6. The zero-order valence-electron chi connectivity index (χ0n) is 13.6. The van der Waals surface area contributed by atoms with Crippen LogP contribution in [0, 0.1) is 0 Å². The predicted molar refractivity (Wildman–Crippen MR) is 93.0 cm³/mol. The Balaban J connectivity index is 1.75. The highest BCUT2D eigenvalue weighted by molar-refractivity contribution is 9.10. The molecule has 1 N–H and O–H groups in total. The maximum atomic E-state index is 12.8. The number of fused-ring (bicyclic) bond motifs is 1. The average Bonchev–Trinajstić information content (AvgIpc) is 3.06. The quantitative estimate of drug-likeness (QED) is 0.651. The third kappa shape index (κ3) is 3.41. The summed E-state index contributed by atoms with van der Waals surface area (Å²) in [5.74, 6) is 0.494. The van der Waals surface area contributed by atoms with Crippen LogP contribution in [0.5, 0.6) is 0 Å². The summed E-state index contributed by atoms with van der Waals surface area (Å²) in [6.45, 7) is 2.22. The van der Waals surface area contributed by atoms with Crippen LogP contribution in [-0.2, 0) is 10.9 Å². The Kier molecular flexibility index (Phi) is 4.38. The van der Waals surface area contributed by atoms with Crippen molar-refractivity contribution in [1.29, 1.82) is 0 Å². The van der Waals surface area contributed by atoms with Gasteiger partial charge in [0.25, 0.3) is 5.56 Å². The minimum absolute atomic E-state index is 0.0926. The van der Waals surface area contributed by atoms with Gasteiger partial charge in [0.05, 0.1) is 23.2 Å². The van der Waals surface area contributed by atoms with Crippen LogP contribution in [0.1, 0.15) is 5.56 Å². The van der Waals surface area contributed by atoms with Crippen molar-refractivity contribution in [1.82, 2.24) is 24.7 Å². The maximum Gasteiger partial charge on any atom is 0.417 e. The Morgan fingerprint density at radius 3 is 2.67 bits per heavy atom. The third-order valence-corrected chi connectivity index (χ3v) is 4.64. The van der Waals surface area contributed by atoms with Gasteiger partial charge >= 0.3 is 6.18 Å². The molecule has 27 heavy (non-hydrogen) atoms. The van der Waals surface area contributed by atoms with Gasteiger partial charge in [-0.15, -0.1) is 5.10 Å². The van der Waals surface area contributed by atoms with Gasteiger partial charge in [-0.2, -0.15) is 18.2 Å². The van der Waals surface area contributed by atoms with E-state index < -0.39 is 17.3 Å². The van der Waals surface area contributed by atoms with E-state index in [9.17, 15) is 18.0 Å². The maximum absolute atomic E-state index is 12.8. The number of morpholine rings is 1. The molecule has 0 saturated carbocycles. The minimum Gasteiger partial charge on any atom is -0.378 e. The number of hydrogen-bond donors (Lipinski definition) is 1. The van der Waals surface area contributed by atoms with Crippen molar-refractivity contribution in [3.63, 3.8) is 0 Å². The molecule has 3 aromatic heterocycles. The van der Waals surface area contributed by atoms with Gasteiger partial charge < -0.3 is 9.64 Å². The van der Waals surface area contributed by atoms with Crippen LogP contribution in [0.15, 0.2) is 27.7 Å². The summed E-state index contributed by atoms with van der Waals surface area (Å²) < 4.78 is 45.0. The van der Waals surface area contributed by atoms with Crippen LogP contribution in [0.4, 0.5) is 19.1 Å². The zero-order valence-corrected chi connectivity index (χ0v) is 15.2. The van der Waals surface area contributed by atoms with Gasteiger partial charge in [-0.3, -0.25) is 9.78 Å². The Labute approximate surface area is 158 Å². The first-order chi connectivity index (χ1) is 12.8. The molecule has 1 aliphatic rings. The summed E-state index contributed by atoms with van der Waals surface area (Å²) in [7, 11) is 0. The Morgan fingerprint density at radius 2 is 2.00 bits per heavy atom. The molecule has 0 spiro atoms. The van der Waals surface area contributed by atoms with Crippen molar-refractivity contribution in [3.8, 4) is 5.82 Å². The van der Waals surface area contributed by atoms with Gasteiger partial charge in [-0.1, -0.05) is 0 Å². The third-order valence-electron chi connectivity index (χ3n) is 4.05. The molecule has 12 heteroatoms. The molecule has 0 radical (unpaired) electrons. The molecule has 0 unspecified atom stereocenters. The first kappa shape index (κ1) is 17.9. The number of alkyl halides is 3. The molecule has 4 heterocycles. The van der Waals surface area contributed by atoms with Crippen LogP contribution in [0.25, 0.3) is 16.9 Å².